The molecule has 1 aliphatic rings. The molecular weight excluding hydrogens is 420 g/mol. The van der Waals surface area contributed by atoms with Crippen LogP contribution >= 0.6 is 11.6 Å². The molecule has 0 saturated carbocycles. The van der Waals surface area contributed by atoms with Gasteiger partial charge in [-0.2, -0.15) is 4.98 Å². The first-order valence-corrected chi connectivity index (χ1v) is 9.68. The number of aromatic nitrogens is 4. The molecule has 10 heteroatoms. The van der Waals surface area contributed by atoms with Gasteiger partial charge in [-0.25, -0.2) is 4.98 Å². The van der Waals surface area contributed by atoms with Gasteiger partial charge in [0.15, 0.2) is 17.3 Å². The molecule has 0 amide bonds. The second-order valence-corrected chi connectivity index (χ2v) is 7.10. The van der Waals surface area contributed by atoms with Crippen LogP contribution < -0.4 is 20.1 Å². The van der Waals surface area contributed by atoms with Crippen molar-refractivity contribution in [1.82, 2.24) is 19.9 Å². The maximum absolute atomic E-state index is 13.2. The summed E-state index contributed by atoms with van der Waals surface area (Å²) >= 11 is 6.30. The van der Waals surface area contributed by atoms with Crippen LogP contribution in [0.25, 0.3) is 6.08 Å². The van der Waals surface area contributed by atoms with E-state index in [-0.39, 0.29) is 29.0 Å². The number of carbonyl (C=O) groups is 1. The minimum absolute atomic E-state index is 0.0108. The van der Waals surface area contributed by atoms with E-state index < -0.39 is 0 Å². The van der Waals surface area contributed by atoms with Gasteiger partial charge in [0, 0.05) is 30.6 Å². The Kier molecular flexibility index (Phi) is 5.68. The molecule has 4 rings (SSSR count). The van der Waals surface area contributed by atoms with E-state index in [4.69, 9.17) is 26.8 Å². The van der Waals surface area contributed by atoms with Gasteiger partial charge in [-0.05, 0) is 23.8 Å². The van der Waals surface area contributed by atoms with E-state index in [0.717, 1.165) is 5.56 Å². The number of nitrogens with zero attached hydrogens (tertiary/aromatic N) is 5. The molecule has 31 heavy (non-hydrogen) atoms. The lowest BCUT2D eigenvalue weighted by atomic mass is 9.97. The fourth-order valence-corrected chi connectivity index (χ4v) is 3.59. The number of halogens is 1. The summed E-state index contributed by atoms with van der Waals surface area (Å²) in [5.74, 6) is 1.18. The quantitative estimate of drug-likeness (QED) is 0.474. The minimum Gasteiger partial charge on any atom is -0.493 e. The Balaban J connectivity index is 1.77. The molecule has 0 aliphatic carbocycles. The molecule has 3 aromatic rings. The van der Waals surface area contributed by atoms with Gasteiger partial charge < -0.3 is 20.1 Å². The average molecular weight is 439 g/mol. The highest BCUT2D eigenvalue weighted by Gasteiger charge is 2.32. The molecule has 0 aromatic carbocycles. The number of nitrogens with two attached hydrogens (primary N) is 1. The molecule has 0 bridgehead atoms. The van der Waals surface area contributed by atoms with Crippen molar-refractivity contribution in [3.05, 3.63) is 64.3 Å². The monoisotopic (exact) mass is 438 g/mol. The van der Waals surface area contributed by atoms with Crippen molar-refractivity contribution in [3.63, 3.8) is 0 Å². The summed E-state index contributed by atoms with van der Waals surface area (Å²) < 4.78 is 10.6. The molecule has 0 unspecified atom stereocenters. The van der Waals surface area contributed by atoms with Crippen LogP contribution in [0.5, 0.6) is 11.5 Å². The van der Waals surface area contributed by atoms with Crippen molar-refractivity contribution in [1.29, 1.82) is 0 Å². The van der Waals surface area contributed by atoms with Crippen LogP contribution in [0, 0.1) is 0 Å². The zero-order valence-electron chi connectivity index (χ0n) is 16.9. The standard InChI is InChI=1S/C21H19ClN6O3/c1-30-15-8-14(25-9-16(15)31-2)11-28-10-13(7-12-3-5-24-6-4-12)18(29)17-19(22)26-21(23)27-20(17)28/h3-9H,10-11H2,1-2H3,(H2,23,26,27)/b13-7+. The minimum atomic E-state index is -0.242. The number of ketones is 1. The van der Waals surface area contributed by atoms with Gasteiger partial charge in [-0.1, -0.05) is 11.6 Å². The van der Waals surface area contributed by atoms with Crippen LogP contribution in [0.3, 0.4) is 0 Å². The molecule has 3 aromatic heterocycles. The summed E-state index contributed by atoms with van der Waals surface area (Å²) in [5.41, 5.74) is 8.09. The number of hydrogen-bond donors (Lipinski definition) is 1. The van der Waals surface area contributed by atoms with E-state index in [9.17, 15) is 4.79 Å². The first-order chi connectivity index (χ1) is 15.0. The maximum atomic E-state index is 13.2. The molecule has 2 N–H and O–H groups in total. The van der Waals surface area contributed by atoms with Crippen LogP contribution in [-0.4, -0.2) is 46.5 Å². The SMILES string of the molecule is COc1cnc(CN2C/C(=C\c3ccncc3)C(=O)c3c(Cl)nc(N)nc32)cc1OC. The number of nitrogen functional groups attached to an aromatic ring is 1. The number of fused-ring (bicyclic) bond motifs is 1. The number of pyridine rings is 2. The highest BCUT2D eigenvalue weighted by molar-refractivity contribution is 6.35. The van der Waals surface area contributed by atoms with Crippen molar-refractivity contribution in [2.75, 3.05) is 31.4 Å². The van der Waals surface area contributed by atoms with Gasteiger partial charge in [-0.3, -0.25) is 14.8 Å². The van der Waals surface area contributed by atoms with Gasteiger partial charge in [0.25, 0.3) is 0 Å². The number of anilines is 2. The summed E-state index contributed by atoms with van der Waals surface area (Å²) in [7, 11) is 3.10. The Bertz CT molecular complexity index is 1170. The van der Waals surface area contributed by atoms with Crippen molar-refractivity contribution >= 4 is 35.2 Å². The Labute approximate surface area is 183 Å². The van der Waals surface area contributed by atoms with E-state index in [1.807, 2.05) is 17.0 Å². The molecule has 0 saturated heterocycles. The summed E-state index contributed by atoms with van der Waals surface area (Å²) in [6, 6.07) is 5.40. The van der Waals surface area contributed by atoms with E-state index in [2.05, 4.69) is 19.9 Å². The van der Waals surface area contributed by atoms with Crippen LogP contribution in [0.2, 0.25) is 5.15 Å². The van der Waals surface area contributed by atoms with Gasteiger partial charge >= 0.3 is 0 Å². The predicted octanol–water partition coefficient (Wildman–Crippen LogP) is 2.81. The topological polar surface area (TPSA) is 116 Å². The maximum Gasteiger partial charge on any atom is 0.223 e. The Morgan fingerprint density at radius 3 is 2.65 bits per heavy atom. The first kappa shape index (κ1) is 20.5. The molecule has 1 aliphatic heterocycles. The van der Waals surface area contributed by atoms with Crippen molar-refractivity contribution in [3.8, 4) is 11.5 Å². The Morgan fingerprint density at radius 1 is 1.19 bits per heavy atom. The third kappa shape index (κ3) is 4.13. The third-order valence-corrected chi connectivity index (χ3v) is 5.04. The van der Waals surface area contributed by atoms with Crippen LogP contribution in [-0.2, 0) is 6.54 Å². The predicted molar refractivity (Wildman–Crippen MR) is 116 cm³/mol. The average Bonchev–Trinajstić information content (AvgIpc) is 2.77. The van der Waals surface area contributed by atoms with Crippen LogP contribution in [0.4, 0.5) is 11.8 Å². The summed E-state index contributed by atoms with van der Waals surface area (Å²) in [6.45, 7) is 0.623. The van der Waals surface area contributed by atoms with Crippen molar-refractivity contribution < 1.29 is 14.3 Å². The van der Waals surface area contributed by atoms with Crippen molar-refractivity contribution in [2.45, 2.75) is 6.54 Å². The number of methoxy groups -OCH3 is 2. The molecular formula is C21H19ClN6O3. The molecule has 0 radical (unpaired) electrons. The smallest absolute Gasteiger partial charge is 0.223 e. The lowest BCUT2D eigenvalue weighted by Crippen LogP contribution is -2.35. The van der Waals surface area contributed by atoms with Crippen LogP contribution in [0.15, 0.2) is 42.4 Å². The Hall–Kier alpha value is -3.72. The number of hydrogen-bond acceptors (Lipinski definition) is 9. The number of ether oxygens (including phenoxy) is 2. The van der Waals surface area contributed by atoms with Gasteiger partial charge in [0.05, 0.1) is 32.7 Å². The molecule has 0 fully saturated rings. The number of rotatable bonds is 5. The molecule has 4 heterocycles. The highest BCUT2D eigenvalue weighted by Crippen LogP contribution is 2.35. The van der Waals surface area contributed by atoms with Crippen LogP contribution in [0.1, 0.15) is 21.6 Å². The highest BCUT2D eigenvalue weighted by atomic mass is 35.5. The molecule has 0 spiro atoms. The normalized spacial score (nSPS) is 14.5. The van der Waals surface area contributed by atoms with Crippen molar-refractivity contribution in [2.24, 2.45) is 0 Å². The second kappa shape index (κ2) is 8.57. The fourth-order valence-electron chi connectivity index (χ4n) is 3.34. The first-order valence-electron chi connectivity index (χ1n) is 9.30. The van der Waals surface area contributed by atoms with Gasteiger partial charge in [0.2, 0.25) is 5.95 Å². The number of Topliss-reactive ketones (excluding diaryl/α,β-unsaturated/α-hetero) is 1. The largest absolute Gasteiger partial charge is 0.493 e. The summed E-state index contributed by atoms with van der Waals surface area (Å²) in [5, 5.41) is 0.0121. The molecule has 0 atom stereocenters. The van der Waals surface area contributed by atoms with E-state index in [1.165, 1.54) is 0 Å². The fraction of sp³-hybridized carbons (Fsp3) is 0.190. The van der Waals surface area contributed by atoms with Gasteiger partial charge in [-0.15, -0.1) is 0 Å². The molecule has 158 valence electrons. The lowest BCUT2D eigenvalue weighted by Gasteiger charge is -2.31. The Morgan fingerprint density at radius 2 is 1.94 bits per heavy atom. The third-order valence-electron chi connectivity index (χ3n) is 4.77. The van der Waals surface area contributed by atoms with E-state index in [0.29, 0.717) is 35.1 Å². The zero-order chi connectivity index (χ0) is 22.0. The summed E-state index contributed by atoms with van der Waals surface area (Å²) in [4.78, 5) is 31.7. The second-order valence-electron chi connectivity index (χ2n) is 6.74. The van der Waals surface area contributed by atoms with E-state index >= 15 is 0 Å². The summed E-state index contributed by atoms with van der Waals surface area (Å²) in [6.07, 6.45) is 6.71. The van der Waals surface area contributed by atoms with E-state index in [1.54, 1.807) is 45.0 Å². The zero-order valence-corrected chi connectivity index (χ0v) is 17.6. The number of carbonyl (C=O) groups excluding carboxylic acids is 1. The molecule has 9 nitrogen and oxygen atoms in total. The lowest BCUT2D eigenvalue weighted by molar-refractivity contribution is 0.103. The van der Waals surface area contributed by atoms with Gasteiger partial charge in [0.1, 0.15) is 16.5 Å².